The van der Waals surface area contributed by atoms with Crippen LogP contribution in [0.3, 0.4) is 0 Å². The van der Waals surface area contributed by atoms with E-state index in [1.54, 1.807) is 11.3 Å². The Balaban J connectivity index is 2.15. The first-order valence-corrected chi connectivity index (χ1v) is 7.50. The minimum absolute atomic E-state index is 0.556. The Hall–Kier alpha value is -1.17. The van der Waals surface area contributed by atoms with E-state index in [0.29, 0.717) is 6.54 Å². The summed E-state index contributed by atoms with van der Waals surface area (Å²) >= 11 is 5.05. The summed E-state index contributed by atoms with van der Waals surface area (Å²) in [5.74, 6) is -0.868. The molecule has 3 nitrogen and oxygen atoms in total. The molecule has 100 valence electrons. The number of aliphatic carboxylic acids is 1. The van der Waals surface area contributed by atoms with Gasteiger partial charge in [0, 0.05) is 15.9 Å². The van der Waals surface area contributed by atoms with Gasteiger partial charge >= 0.3 is 5.97 Å². The lowest BCUT2D eigenvalue weighted by atomic mass is 10.1. The quantitative estimate of drug-likeness (QED) is 0.872. The lowest BCUT2D eigenvalue weighted by molar-refractivity contribution is -0.139. The van der Waals surface area contributed by atoms with Crippen LogP contribution in [0.4, 0.5) is 0 Å². The summed E-state index contributed by atoms with van der Waals surface area (Å²) in [4.78, 5) is 12.5. The zero-order chi connectivity index (χ0) is 13.8. The van der Waals surface area contributed by atoms with E-state index < -0.39 is 12.0 Å². The van der Waals surface area contributed by atoms with Gasteiger partial charge in [-0.15, -0.1) is 11.3 Å². The van der Waals surface area contributed by atoms with Gasteiger partial charge in [-0.05, 0) is 35.6 Å². The largest absolute Gasteiger partial charge is 0.480 e. The summed E-state index contributed by atoms with van der Waals surface area (Å²) in [6.07, 6.45) is 0. The standard InChI is InChI=1S/C14H14BrNO2S/c1-9-4-5-10(7-12(9)15)13(14(17)18)16-8-11-3-2-6-19-11/h2-7,13,16H,8H2,1H3,(H,17,18). The van der Waals surface area contributed by atoms with E-state index in [2.05, 4.69) is 21.2 Å². The molecule has 1 unspecified atom stereocenters. The fourth-order valence-corrected chi connectivity index (χ4v) is 2.80. The molecule has 0 fully saturated rings. The van der Waals surface area contributed by atoms with E-state index in [0.717, 1.165) is 20.5 Å². The summed E-state index contributed by atoms with van der Waals surface area (Å²) in [5.41, 5.74) is 1.84. The molecule has 1 aromatic heterocycles. The number of hydrogen-bond donors (Lipinski definition) is 2. The Bertz CT molecular complexity index is 569. The molecule has 0 aliphatic carbocycles. The normalized spacial score (nSPS) is 12.3. The summed E-state index contributed by atoms with van der Waals surface area (Å²) in [6, 6.07) is 8.87. The van der Waals surface area contributed by atoms with Gasteiger partial charge in [0.15, 0.2) is 0 Å². The zero-order valence-electron chi connectivity index (χ0n) is 10.4. The average Bonchev–Trinajstić information content (AvgIpc) is 2.86. The molecule has 2 N–H and O–H groups in total. The third-order valence-electron chi connectivity index (χ3n) is 2.84. The Morgan fingerprint density at radius 2 is 2.26 bits per heavy atom. The van der Waals surface area contributed by atoms with Crippen LogP contribution in [0.2, 0.25) is 0 Å². The molecular formula is C14H14BrNO2S. The van der Waals surface area contributed by atoms with Crippen molar-refractivity contribution in [3.05, 3.63) is 56.2 Å². The smallest absolute Gasteiger partial charge is 0.325 e. The number of benzene rings is 1. The van der Waals surface area contributed by atoms with Crippen molar-refractivity contribution in [3.63, 3.8) is 0 Å². The Morgan fingerprint density at radius 1 is 1.47 bits per heavy atom. The van der Waals surface area contributed by atoms with Crippen LogP contribution >= 0.6 is 27.3 Å². The molecular weight excluding hydrogens is 326 g/mol. The number of hydrogen-bond acceptors (Lipinski definition) is 3. The van der Waals surface area contributed by atoms with E-state index >= 15 is 0 Å². The van der Waals surface area contributed by atoms with Crippen LogP contribution in [0.25, 0.3) is 0 Å². The number of carboxylic acid groups (broad SMARTS) is 1. The van der Waals surface area contributed by atoms with Crippen LogP contribution in [0, 0.1) is 6.92 Å². The third-order valence-corrected chi connectivity index (χ3v) is 4.57. The minimum Gasteiger partial charge on any atom is -0.480 e. The number of aryl methyl sites for hydroxylation is 1. The zero-order valence-corrected chi connectivity index (χ0v) is 12.8. The van der Waals surface area contributed by atoms with Gasteiger partial charge in [0.1, 0.15) is 6.04 Å². The first kappa shape index (κ1) is 14.2. The van der Waals surface area contributed by atoms with Gasteiger partial charge in [-0.2, -0.15) is 0 Å². The van der Waals surface area contributed by atoms with Crippen molar-refractivity contribution in [2.45, 2.75) is 19.5 Å². The second kappa shape index (κ2) is 6.32. The fourth-order valence-electron chi connectivity index (χ4n) is 1.75. The minimum atomic E-state index is -0.868. The lowest BCUT2D eigenvalue weighted by Crippen LogP contribution is -2.27. The van der Waals surface area contributed by atoms with Crippen molar-refractivity contribution in [1.29, 1.82) is 0 Å². The van der Waals surface area contributed by atoms with Gasteiger partial charge in [0.25, 0.3) is 0 Å². The molecule has 2 rings (SSSR count). The van der Waals surface area contributed by atoms with Crippen LogP contribution in [0.15, 0.2) is 40.2 Å². The van der Waals surface area contributed by atoms with Gasteiger partial charge in [-0.3, -0.25) is 10.1 Å². The van der Waals surface area contributed by atoms with Crippen molar-refractivity contribution in [2.75, 3.05) is 0 Å². The highest BCUT2D eigenvalue weighted by Crippen LogP contribution is 2.22. The van der Waals surface area contributed by atoms with Crippen LogP contribution in [0.1, 0.15) is 22.0 Å². The molecule has 19 heavy (non-hydrogen) atoms. The maximum absolute atomic E-state index is 11.4. The van der Waals surface area contributed by atoms with Crippen molar-refractivity contribution in [1.82, 2.24) is 5.32 Å². The molecule has 0 bridgehead atoms. The van der Waals surface area contributed by atoms with Crippen LogP contribution < -0.4 is 5.32 Å². The van der Waals surface area contributed by atoms with Crippen LogP contribution in [-0.2, 0) is 11.3 Å². The van der Waals surface area contributed by atoms with E-state index in [1.807, 2.05) is 42.6 Å². The fraction of sp³-hybridized carbons (Fsp3) is 0.214. The predicted molar refractivity (Wildman–Crippen MR) is 80.4 cm³/mol. The highest BCUT2D eigenvalue weighted by Gasteiger charge is 2.19. The maximum atomic E-state index is 11.4. The molecule has 1 heterocycles. The highest BCUT2D eigenvalue weighted by molar-refractivity contribution is 9.10. The van der Waals surface area contributed by atoms with E-state index in [-0.39, 0.29) is 0 Å². The van der Waals surface area contributed by atoms with E-state index in [9.17, 15) is 9.90 Å². The molecule has 5 heteroatoms. The molecule has 0 radical (unpaired) electrons. The van der Waals surface area contributed by atoms with Gasteiger partial charge < -0.3 is 5.11 Å². The van der Waals surface area contributed by atoms with Gasteiger partial charge in [-0.25, -0.2) is 0 Å². The topological polar surface area (TPSA) is 49.3 Å². The first-order valence-electron chi connectivity index (χ1n) is 5.82. The van der Waals surface area contributed by atoms with Crippen LogP contribution in [-0.4, -0.2) is 11.1 Å². The van der Waals surface area contributed by atoms with Gasteiger partial charge in [0.05, 0.1) is 0 Å². The summed E-state index contributed by atoms with van der Waals surface area (Å²) < 4.78 is 0.925. The van der Waals surface area contributed by atoms with Crippen LogP contribution in [0.5, 0.6) is 0 Å². The van der Waals surface area contributed by atoms with Crippen molar-refractivity contribution in [3.8, 4) is 0 Å². The highest BCUT2D eigenvalue weighted by atomic mass is 79.9. The van der Waals surface area contributed by atoms with Crippen molar-refractivity contribution < 1.29 is 9.90 Å². The average molecular weight is 340 g/mol. The SMILES string of the molecule is Cc1ccc(C(NCc2cccs2)C(=O)O)cc1Br. The Kier molecular flexibility index (Phi) is 4.74. The second-order valence-electron chi connectivity index (χ2n) is 4.24. The molecule has 1 aromatic carbocycles. The molecule has 0 saturated heterocycles. The third kappa shape index (κ3) is 3.65. The maximum Gasteiger partial charge on any atom is 0.325 e. The number of halogens is 1. The van der Waals surface area contributed by atoms with Crippen molar-refractivity contribution in [2.24, 2.45) is 0 Å². The molecule has 2 aromatic rings. The van der Waals surface area contributed by atoms with Crippen molar-refractivity contribution >= 4 is 33.2 Å². The summed E-state index contributed by atoms with van der Waals surface area (Å²) in [6.45, 7) is 2.53. The lowest BCUT2D eigenvalue weighted by Gasteiger charge is -2.15. The predicted octanol–water partition coefficient (Wildman–Crippen LogP) is 3.73. The number of nitrogens with one attached hydrogen (secondary N) is 1. The second-order valence-corrected chi connectivity index (χ2v) is 6.13. The number of rotatable bonds is 5. The monoisotopic (exact) mass is 339 g/mol. The molecule has 0 saturated carbocycles. The van der Waals surface area contributed by atoms with Gasteiger partial charge in [-0.1, -0.05) is 34.1 Å². The number of carboxylic acids is 1. The summed E-state index contributed by atoms with van der Waals surface area (Å²) in [5, 5.41) is 14.4. The Labute approximate surface area is 124 Å². The first-order chi connectivity index (χ1) is 9.08. The molecule has 0 spiro atoms. The number of carbonyl (C=O) groups is 1. The molecule has 0 amide bonds. The number of thiophene rings is 1. The summed E-state index contributed by atoms with van der Waals surface area (Å²) in [7, 11) is 0. The van der Waals surface area contributed by atoms with Gasteiger partial charge in [0.2, 0.25) is 0 Å². The van der Waals surface area contributed by atoms with E-state index in [1.165, 1.54) is 0 Å². The van der Waals surface area contributed by atoms with E-state index in [4.69, 9.17) is 0 Å². The molecule has 0 aliphatic rings. The Morgan fingerprint density at radius 3 is 2.84 bits per heavy atom. The molecule has 0 aliphatic heterocycles. The molecule has 1 atom stereocenters.